The molecule has 1 aliphatic heterocycles. The number of primary amides is 1. The fraction of sp³-hybridized carbons (Fsp3) is 0.240. The van der Waals surface area contributed by atoms with E-state index in [1.54, 1.807) is 6.07 Å². The van der Waals surface area contributed by atoms with E-state index in [1.807, 2.05) is 18.2 Å². The van der Waals surface area contributed by atoms with Crippen molar-refractivity contribution in [2.24, 2.45) is 11.5 Å². The molecule has 11 heteroatoms. The van der Waals surface area contributed by atoms with Crippen molar-refractivity contribution in [2.45, 2.75) is 12.1 Å². The number of amides is 1. The average Bonchev–Trinajstić information content (AvgIpc) is 2.89. The lowest BCUT2D eigenvalue weighted by Crippen LogP contribution is -2.36. The summed E-state index contributed by atoms with van der Waals surface area (Å²) in [6, 6.07) is 10.1. The predicted molar refractivity (Wildman–Crippen MR) is 131 cm³/mol. The average molecular weight is 490 g/mol. The van der Waals surface area contributed by atoms with Gasteiger partial charge in [0.1, 0.15) is 24.1 Å². The Morgan fingerprint density at radius 2 is 1.92 bits per heavy atom. The minimum Gasteiger partial charge on any atom is -0.378 e. The summed E-state index contributed by atoms with van der Waals surface area (Å²) >= 11 is 0. The Morgan fingerprint density at radius 3 is 2.67 bits per heavy atom. The number of anilines is 1. The van der Waals surface area contributed by atoms with E-state index in [-0.39, 0.29) is 17.0 Å². The van der Waals surface area contributed by atoms with Crippen LogP contribution in [-0.4, -0.2) is 63.5 Å². The van der Waals surface area contributed by atoms with Crippen molar-refractivity contribution < 1.29 is 19.0 Å². The summed E-state index contributed by atoms with van der Waals surface area (Å²) in [5.74, 6) is -2.16. The smallest absolute Gasteiger partial charge is 0.268 e. The number of nitrogens with two attached hydrogens (primary N) is 2. The number of rotatable bonds is 6. The number of halogens is 1. The van der Waals surface area contributed by atoms with E-state index in [2.05, 4.69) is 24.8 Å². The number of benzene rings is 2. The van der Waals surface area contributed by atoms with Crippen LogP contribution >= 0.6 is 0 Å². The number of fused-ring (bicyclic) bond motifs is 1. The number of hydrogen-bond donors (Lipinski definition) is 3. The number of nitrogens with zero attached hydrogens (tertiary/aromatic N) is 5. The Hall–Kier alpha value is -4.06. The van der Waals surface area contributed by atoms with Crippen LogP contribution in [-0.2, 0) is 4.74 Å². The first-order chi connectivity index (χ1) is 17.4. The van der Waals surface area contributed by atoms with E-state index in [4.69, 9.17) is 16.2 Å². The topological polar surface area (TPSA) is 153 Å². The van der Waals surface area contributed by atoms with Gasteiger partial charge in [0, 0.05) is 35.9 Å². The molecule has 4 aromatic rings. The predicted octanol–water partition coefficient (Wildman–Crippen LogP) is 1.57. The van der Waals surface area contributed by atoms with Gasteiger partial charge in [-0.1, -0.05) is 6.07 Å². The lowest BCUT2D eigenvalue weighted by atomic mass is 9.91. The normalized spacial score (nSPS) is 15.6. The fourth-order valence-electron chi connectivity index (χ4n) is 4.39. The SMILES string of the molecule is NC(=O)c1cncc(C(c2ccc(F)c(-c3ncnc4cc(N5CCOCC5)ccc34)c2)C(N)O)n1. The number of aliphatic hydroxyl groups excluding tert-OH is 1. The molecule has 0 spiro atoms. The molecule has 2 atom stereocenters. The van der Waals surface area contributed by atoms with E-state index in [1.165, 1.54) is 30.9 Å². The zero-order chi connectivity index (χ0) is 25.2. The molecule has 184 valence electrons. The van der Waals surface area contributed by atoms with Crippen LogP contribution in [0.1, 0.15) is 27.7 Å². The van der Waals surface area contributed by atoms with Crippen LogP contribution in [0.25, 0.3) is 22.2 Å². The molecule has 5 rings (SSSR count). The molecule has 2 aromatic heterocycles. The first kappa shape index (κ1) is 23.7. The Kier molecular flexibility index (Phi) is 6.51. The molecular weight excluding hydrogens is 465 g/mol. The minimum absolute atomic E-state index is 0.0710. The lowest BCUT2D eigenvalue weighted by molar-refractivity contribution is 0.0994. The van der Waals surface area contributed by atoms with E-state index >= 15 is 4.39 Å². The quantitative estimate of drug-likeness (QED) is 0.343. The van der Waals surface area contributed by atoms with E-state index in [0.29, 0.717) is 35.4 Å². The van der Waals surface area contributed by atoms with Crippen LogP contribution in [0.2, 0.25) is 0 Å². The van der Waals surface area contributed by atoms with Gasteiger partial charge in [-0.15, -0.1) is 0 Å². The molecule has 10 nitrogen and oxygen atoms in total. The van der Waals surface area contributed by atoms with Crippen molar-refractivity contribution in [1.29, 1.82) is 0 Å². The van der Waals surface area contributed by atoms with Gasteiger partial charge in [-0.2, -0.15) is 0 Å². The van der Waals surface area contributed by atoms with Gasteiger partial charge in [0.25, 0.3) is 5.91 Å². The lowest BCUT2D eigenvalue weighted by Gasteiger charge is -2.29. The van der Waals surface area contributed by atoms with Gasteiger partial charge in [-0.3, -0.25) is 9.78 Å². The summed E-state index contributed by atoms with van der Waals surface area (Å²) < 4.78 is 20.6. The molecule has 0 bridgehead atoms. The number of morpholine rings is 1. The zero-order valence-corrected chi connectivity index (χ0v) is 19.2. The second-order valence-corrected chi connectivity index (χ2v) is 8.42. The molecule has 1 amide bonds. The molecule has 36 heavy (non-hydrogen) atoms. The van der Waals surface area contributed by atoms with Crippen molar-refractivity contribution in [2.75, 3.05) is 31.2 Å². The fourth-order valence-corrected chi connectivity index (χ4v) is 4.39. The minimum atomic E-state index is -1.40. The van der Waals surface area contributed by atoms with Crippen molar-refractivity contribution in [1.82, 2.24) is 19.9 Å². The van der Waals surface area contributed by atoms with Crippen LogP contribution in [0.5, 0.6) is 0 Å². The van der Waals surface area contributed by atoms with E-state index < -0.39 is 23.9 Å². The highest BCUT2D eigenvalue weighted by Gasteiger charge is 2.25. The maximum atomic E-state index is 15.1. The number of carbonyl (C=O) groups excluding carboxylic acids is 1. The van der Waals surface area contributed by atoms with Gasteiger partial charge in [0.15, 0.2) is 0 Å². The van der Waals surface area contributed by atoms with Gasteiger partial charge < -0.3 is 26.2 Å². The molecule has 1 fully saturated rings. The Bertz CT molecular complexity index is 1430. The third-order valence-corrected chi connectivity index (χ3v) is 6.17. The molecular formula is C25H24FN7O3. The molecule has 3 heterocycles. The van der Waals surface area contributed by atoms with E-state index in [9.17, 15) is 9.90 Å². The third kappa shape index (κ3) is 4.59. The highest BCUT2D eigenvalue weighted by Crippen LogP contribution is 2.34. The maximum Gasteiger partial charge on any atom is 0.268 e. The number of ether oxygens (including phenoxy) is 1. The van der Waals surface area contributed by atoms with Crippen LogP contribution in [0.3, 0.4) is 0 Å². The van der Waals surface area contributed by atoms with Crippen molar-refractivity contribution in [3.8, 4) is 11.3 Å². The first-order valence-electron chi connectivity index (χ1n) is 11.3. The Morgan fingerprint density at radius 1 is 1.11 bits per heavy atom. The van der Waals surface area contributed by atoms with Crippen LogP contribution in [0.15, 0.2) is 55.1 Å². The Balaban J connectivity index is 1.58. The van der Waals surface area contributed by atoms with E-state index in [0.717, 1.165) is 18.8 Å². The largest absolute Gasteiger partial charge is 0.378 e. The molecule has 2 aromatic carbocycles. The molecule has 1 aliphatic rings. The van der Waals surface area contributed by atoms with Gasteiger partial charge in [0.05, 0.1) is 42.2 Å². The van der Waals surface area contributed by atoms with Crippen LogP contribution < -0.4 is 16.4 Å². The summed E-state index contributed by atoms with van der Waals surface area (Å²) in [5.41, 5.74) is 14.1. The standard InChI is InChI=1S/C25H24FN7O3/c26-18-4-1-14(22(25(28)35)20-11-29-12-21(32-20)24(27)34)9-17(18)23-16-3-2-15(10-19(16)30-13-31-23)33-5-7-36-8-6-33/h1-4,9-13,22,25,35H,5-8,28H2,(H2,27,34). The van der Waals surface area contributed by atoms with Crippen molar-refractivity contribution in [3.63, 3.8) is 0 Å². The summed E-state index contributed by atoms with van der Waals surface area (Å²) in [6.45, 7) is 2.88. The summed E-state index contributed by atoms with van der Waals surface area (Å²) in [5, 5.41) is 11.0. The molecule has 2 unspecified atom stereocenters. The molecule has 0 radical (unpaired) electrons. The maximum absolute atomic E-state index is 15.1. The van der Waals surface area contributed by atoms with Gasteiger partial charge in [-0.25, -0.2) is 19.3 Å². The molecule has 0 saturated carbocycles. The molecule has 0 aliphatic carbocycles. The van der Waals surface area contributed by atoms with Gasteiger partial charge >= 0.3 is 0 Å². The zero-order valence-electron chi connectivity index (χ0n) is 19.2. The highest BCUT2D eigenvalue weighted by atomic mass is 19.1. The van der Waals surface area contributed by atoms with Crippen molar-refractivity contribution >= 4 is 22.5 Å². The summed E-state index contributed by atoms with van der Waals surface area (Å²) in [4.78, 5) is 30.7. The second kappa shape index (κ2) is 9.90. The summed E-state index contributed by atoms with van der Waals surface area (Å²) in [6.07, 6.45) is 2.59. The highest BCUT2D eigenvalue weighted by molar-refractivity contribution is 5.94. The molecule has 1 saturated heterocycles. The number of aliphatic hydroxyl groups is 1. The number of hydrogen-bond acceptors (Lipinski definition) is 9. The monoisotopic (exact) mass is 489 g/mol. The van der Waals surface area contributed by atoms with Gasteiger partial charge in [-0.05, 0) is 35.9 Å². The van der Waals surface area contributed by atoms with Gasteiger partial charge in [0.2, 0.25) is 0 Å². The number of aromatic nitrogens is 4. The number of carbonyl (C=O) groups is 1. The Labute approximate surface area is 205 Å². The van der Waals surface area contributed by atoms with Crippen LogP contribution in [0, 0.1) is 5.82 Å². The third-order valence-electron chi connectivity index (χ3n) is 6.17. The van der Waals surface area contributed by atoms with Crippen LogP contribution in [0.4, 0.5) is 10.1 Å². The second-order valence-electron chi connectivity index (χ2n) is 8.42. The summed E-state index contributed by atoms with van der Waals surface area (Å²) in [7, 11) is 0. The van der Waals surface area contributed by atoms with Crippen molar-refractivity contribution in [3.05, 3.63) is 77.9 Å². The first-order valence-corrected chi connectivity index (χ1v) is 11.3. The molecule has 5 N–H and O–H groups in total.